The Hall–Kier alpha value is -2.10. The molecule has 1 heterocycles. The van der Waals surface area contributed by atoms with Gasteiger partial charge >= 0.3 is 5.97 Å². The molecule has 0 bridgehead atoms. The summed E-state index contributed by atoms with van der Waals surface area (Å²) in [5, 5.41) is 0. The zero-order valence-electron chi connectivity index (χ0n) is 9.77. The molecule has 0 aromatic heterocycles. The SMILES string of the molecule is C=C1N=C(c2ccc(OC(C)C)cc2)OC1=O. The number of hydrogen-bond donors (Lipinski definition) is 0. The van der Waals surface area contributed by atoms with Crippen LogP contribution in [0.4, 0.5) is 0 Å². The molecule has 2 rings (SSSR count). The minimum absolute atomic E-state index is 0.127. The van der Waals surface area contributed by atoms with E-state index in [4.69, 9.17) is 9.47 Å². The van der Waals surface area contributed by atoms with Crippen LogP contribution in [0.3, 0.4) is 0 Å². The number of aliphatic imine (C=N–C) groups is 1. The van der Waals surface area contributed by atoms with E-state index in [0.29, 0.717) is 0 Å². The van der Waals surface area contributed by atoms with Crippen LogP contribution in [0.5, 0.6) is 5.75 Å². The first-order valence-corrected chi connectivity index (χ1v) is 5.33. The van der Waals surface area contributed by atoms with Gasteiger partial charge in [0.25, 0.3) is 0 Å². The average Bonchev–Trinajstić information content (AvgIpc) is 2.59. The molecule has 1 aromatic rings. The van der Waals surface area contributed by atoms with E-state index in [1.165, 1.54) is 0 Å². The third kappa shape index (κ3) is 2.53. The monoisotopic (exact) mass is 231 g/mol. The number of ether oxygens (including phenoxy) is 2. The Morgan fingerprint density at radius 2 is 1.94 bits per heavy atom. The fraction of sp³-hybridized carbons (Fsp3) is 0.231. The van der Waals surface area contributed by atoms with Crippen molar-refractivity contribution in [2.24, 2.45) is 4.99 Å². The van der Waals surface area contributed by atoms with Gasteiger partial charge in [0.1, 0.15) is 11.4 Å². The van der Waals surface area contributed by atoms with Gasteiger partial charge in [0.2, 0.25) is 5.90 Å². The van der Waals surface area contributed by atoms with Crippen molar-refractivity contribution in [1.29, 1.82) is 0 Å². The predicted molar refractivity (Wildman–Crippen MR) is 64.0 cm³/mol. The number of rotatable bonds is 3. The van der Waals surface area contributed by atoms with Crippen molar-refractivity contribution in [2.75, 3.05) is 0 Å². The summed E-state index contributed by atoms with van der Waals surface area (Å²) in [5.74, 6) is 0.561. The van der Waals surface area contributed by atoms with E-state index in [9.17, 15) is 4.79 Å². The van der Waals surface area contributed by atoms with Gasteiger partial charge in [-0.25, -0.2) is 9.79 Å². The fourth-order valence-electron chi connectivity index (χ4n) is 1.41. The zero-order valence-corrected chi connectivity index (χ0v) is 9.77. The highest BCUT2D eigenvalue weighted by atomic mass is 16.6. The normalized spacial score (nSPS) is 14.9. The Labute approximate surface area is 99.6 Å². The second-order valence-corrected chi connectivity index (χ2v) is 3.94. The molecule has 0 saturated heterocycles. The minimum Gasteiger partial charge on any atom is -0.491 e. The van der Waals surface area contributed by atoms with Crippen LogP contribution in [0, 0.1) is 0 Å². The molecule has 17 heavy (non-hydrogen) atoms. The Bertz CT molecular complexity index is 486. The molecule has 1 aliphatic rings. The van der Waals surface area contributed by atoms with E-state index in [1.807, 2.05) is 26.0 Å². The van der Waals surface area contributed by atoms with Gasteiger partial charge in [-0.05, 0) is 38.1 Å². The molecule has 0 atom stereocenters. The zero-order chi connectivity index (χ0) is 12.4. The second kappa shape index (κ2) is 4.41. The Morgan fingerprint density at radius 1 is 1.29 bits per heavy atom. The van der Waals surface area contributed by atoms with E-state index in [2.05, 4.69) is 11.6 Å². The summed E-state index contributed by atoms with van der Waals surface area (Å²) in [6.07, 6.45) is 0.127. The summed E-state index contributed by atoms with van der Waals surface area (Å²) in [5.41, 5.74) is 0.857. The minimum atomic E-state index is -0.498. The molecule has 4 nitrogen and oxygen atoms in total. The van der Waals surface area contributed by atoms with Gasteiger partial charge in [-0.15, -0.1) is 0 Å². The van der Waals surface area contributed by atoms with Gasteiger partial charge in [-0.2, -0.15) is 0 Å². The third-order valence-electron chi connectivity index (χ3n) is 2.13. The first kappa shape index (κ1) is 11.4. The molecule has 0 fully saturated rings. The van der Waals surface area contributed by atoms with Crippen LogP contribution in [0.25, 0.3) is 0 Å². The smallest absolute Gasteiger partial charge is 0.363 e. The van der Waals surface area contributed by atoms with Crippen LogP contribution in [-0.4, -0.2) is 18.0 Å². The van der Waals surface area contributed by atoms with Crippen LogP contribution < -0.4 is 4.74 Å². The van der Waals surface area contributed by atoms with E-state index in [0.717, 1.165) is 11.3 Å². The number of esters is 1. The molecule has 0 radical (unpaired) electrons. The van der Waals surface area contributed by atoms with Crippen molar-refractivity contribution < 1.29 is 14.3 Å². The summed E-state index contributed by atoms with van der Waals surface area (Å²) >= 11 is 0. The van der Waals surface area contributed by atoms with Crippen LogP contribution in [0.15, 0.2) is 41.5 Å². The first-order chi connectivity index (χ1) is 8.06. The van der Waals surface area contributed by atoms with Crippen LogP contribution in [-0.2, 0) is 9.53 Å². The number of cyclic esters (lactones) is 1. The topological polar surface area (TPSA) is 47.9 Å². The highest BCUT2D eigenvalue weighted by molar-refractivity contribution is 6.10. The fourth-order valence-corrected chi connectivity index (χ4v) is 1.41. The maximum absolute atomic E-state index is 11.1. The molecule has 1 aliphatic heterocycles. The second-order valence-electron chi connectivity index (χ2n) is 3.94. The maximum Gasteiger partial charge on any atom is 0.363 e. The molecule has 0 saturated carbocycles. The molecule has 0 N–H and O–H groups in total. The number of hydrogen-bond acceptors (Lipinski definition) is 4. The molecular formula is C13H13NO3. The Kier molecular flexibility index (Phi) is 2.95. The molecule has 0 aliphatic carbocycles. The Morgan fingerprint density at radius 3 is 2.41 bits per heavy atom. The van der Waals surface area contributed by atoms with Crippen molar-refractivity contribution in [1.82, 2.24) is 0 Å². The number of nitrogens with zero attached hydrogens (tertiary/aromatic N) is 1. The van der Waals surface area contributed by atoms with E-state index >= 15 is 0 Å². The molecule has 88 valence electrons. The van der Waals surface area contributed by atoms with Crippen molar-refractivity contribution in [2.45, 2.75) is 20.0 Å². The van der Waals surface area contributed by atoms with Crippen molar-refractivity contribution >= 4 is 11.9 Å². The maximum atomic E-state index is 11.1. The van der Waals surface area contributed by atoms with Crippen LogP contribution >= 0.6 is 0 Å². The lowest BCUT2D eigenvalue weighted by Gasteiger charge is -2.09. The average molecular weight is 231 g/mol. The van der Waals surface area contributed by atoms with E-state index < -0.39 is 5.97 Å². The summed E-state index contributed by atoms with van der Waals surface area (Å²) in [6, 6.07) is 7.21. The van der Waals surface area contributed by atoms with Gasteiger partial charge in [0.15, 0.2) is 0 Å². The summed E-state index contributed by atoms with van der Waals surface area (Å²) < 4.78 is 10.5. The number of carbonyl (C=O) groups is 1. The highest BCUT2D eigenvalue weighted by Gasteiger charge is 2.22. The van der Waals surface area contributed by atoms with E-state index in [1.54, 1.807) is 12.1 Å². The lowest BCUT2D eigenvalue weighted by molar-refractivity contribution is -0.129. The van der Waals surface area contributed by atoms with Gasteiger partial charge in [0.05, 0.1) is 6.10 Å². The largest absolute Gasteiger partial charge is 0.491 e. The van der Waals surface area contributed by atoms with Crippen LogP contribution in [0.1, 0.15) is 19.4 Å². The number of carbonyl (C=O) groups excluding carboxylic acids is 1. The highest BCUT2D eigenvalue weighted by Crippen LogP contribution is 2.18. The Balaban J connectivity index is 2.16. The van der Waals surface area contributed by atoms with E-state index in [-0.39, 0.29) is 17.7 Å². The van der Waals surface area contributed by atoms with Crippen molar-refractivity contribution in [3.05, 3.63) is 42.1 Å². The van der Waals surface area contributed by atoms with Crippen molar-refractivity contribution in [3.8, 4) is 5.75 Å². The molecule has 4 heteroatoms. The van der Waals surface area contributed by atoms with Gasteiger partial charge in [-0.1, -0.05) is 6.58 Å². The molecule has 1 aromatic carbocycles. The lowest BCUT2D eigenvalue weighted by Crippen LogP contribution is -2.07. The van der Waals surface area contributed by atoms with Gasteiger partial charge < -0.3 is 9.47 Å². The van der Waals surface area contributed by atoms with Crippen molar-refractivity contribution in [3.63, 3.8) is 0 Å². The molecule has 0 spiro atoms. The number of benzene rings is 1. The standard InChI is InChI=1S/C13H13NO3/c1-8(2)16-11-6-4-10(5-7-11)12-14-9(3)13(15)17-12/h4-8H,3H2,1-2H3. The quantitative estimate of drug-likeness (QED) is 0.592. The molecule has 0 unspecified atom stereocenters. The third-order valence-corrected chi connectivity index (χ3v) is 2.13. The first-order valence-electron chi connectivity index (χ1n) is 5.33. The van der Waals surface area contributed by atoms with Crippen LogP contribution in [0.2, 0.25) is 0 Å². The summed E-state index contributed by atoms with van der Waals surface area (Å²) in [6.45, 7) is 7.40. The van der Waals surface area contributed by atoms with Gasteiger partial charge in [-0.3, -0.25) is 0 Å². The van der Waals surface area contributed by atoms with Gasteiger partial charge in [0, 0.05) is 5.56 Å². The summed E-state index contributed by atoms with van der Waals surface area (Å²) in [7, 11) is 0. The lowest BCUT2D eigenvalue weighted by atomic mass is 10.2. The predicted octanol–water partition coefficient (Wildman–Crippen LogP) is 2.29. The summed E-state index contributed by atoms with van der Waals surface area (Å²) in [4.78, 5) is 15.0. The molecule has 0 amide bonds. The molecular weight excluding hydrogens is 218 g/mol.